The van der Waals surface area contributed by atoms with Gasteiger partial charge >= 0.3 is 5.97 Å². The predicted molar refractivity (Wildman–Crippen MR) is 116 cm³/mol. The van der Waals surface area contributed by atoms with Crippen molar-refractivity contribution in [2.24, 2.45) is 0 Å². The van der Waals surface area contributed by atoms with Gasteiger partial charge in [0.25, 0.3) is 17.7 Å². The first-order valence-electron chi connectivity index (χ1n) is 10.8. The standard InChI is InChI=1S/C22H28N2O7S/c1-4-6-10-24-20(26)17-8-7-15(12-18(17)21(24)27)22(28)31-14(3)19(25)23(5-2)16-9-11-32(29,30)13-16/h7-8,12,14,16H,4-6,9-11,13H2,1-3H3/t14-,16+/m0/s1. The molecular weight excluding hydrogens is 436 g/mol. The van der Waals surface area contributed by atoms with Crippen LogP contribution in [0.3, 0.4) is 0 Å². The molecule has 0 unspecified atom stereocenters. The molecule has 0 bridgehead atoms. The van der Waals surface area contributed by atoms with Crippen LogP contribution in [0.2, 0.25) is 0 Å². The van der Waals surface area contributed by atoms with Gasteiger partial charge in [0.15, 0.2) is 15.9 Å². The molecule has 3 rings (SSSR count). The van der Waals surface area contributed by atoms with E-state index in [0.717, 1.165) is 6.42 Å². The molecule has 2 aliphatic heterocycles. The molecule has 1 aromatic carbocycles. The first-order chi connectivity index (χ1) is 15.1. The van der Waals surface area contributed by atoms with Gasteiger partial charge in [-0.2, -0.15) is 0 Å². The van der Waals surface area contributed by atoms with Crippen molar-refractivity contribution in [3.63, 3.8) is 0 Å². The van der Waals surface area contributed by atoms with Crippen LogP contribution in [0.1, 0.15) is 71.1 Å². The smallest absolute Gasteiger partial charge is 0.338 e. The van der Waals surface area contributed by atoms with Gasteiger partial charge in [-0.3, -0.25) is 19.3 Å². The number of amides is 3. The third-order valence-corrected chi connectivity index (χ3v) is 7.60. The number of hydrogen-bond acceptors (Lipinski definition) is 7. The summed E-state index contributed by atoms with van der Waals surface area (Å²) in [4.78, 5) is 53.1. The van der Waals surface area contributed by atoms with E-state index in [2.05, 4.69) is 0 Å². The quantitative estimate of drug-likeness (QED) is 0.424. The lowest BCUT2D eigenvalue weighted by Gasteiger charge is -2.29. The monoisotopic (exact) mass is 464 g/mol. The maximum absolute atomic E-state index is 12.8. The lowest BCUT2D eigenvalue weighted by molar-refractivity contribution is -0.141. The van der Waals surface area contributed by atoms with Gasteiger partial charge in [0.05, 0.1) is 28.2 Å². The second-order valence-electron chi connectivity index (χ2n) is 8.10. The summed E-state index contributed by atoms with van der Waals surface area (Å²) in [5, 5.41) is 0. The van der Waals surface area contributed by atoms with Gasteiger partial charge in [-0.25, -0.2) is 13.2 Å². The van der Waals surface area contributed by atoms with E-state index in [1.165, 1.54) is 34.9 Å². The van der Waals surface area contributed by atoms with Crippen molar-refractivity contribution >= 4 is 33.5 Å². The van der Waals surface area contributed by atoms with Crippen molar-refractivity contribution in [3.05, 3.63) is 34.9 Å². The van der Waals surface area contributed by atoms with Gasteiger partial charge in [0, 0.05) is 19.1 Å². The third kappa shape index (κ3) is 4.69. The molecule has 0 N–H and O–H groups in total. The lowest BCUT2D eigenvalue weighted by atomic mass is 10.1. The number of nitrogens with zero attached hydrogens (tertiary/aromatic N) is 2. The molecule has 0 radical (unpaired) electrons. The highest BCUT2D eigenvalue weighted by Crippen LogP contribution is 2.25. The second kappa shape index (κ2) is 9.40. The Morgan fingerprint density at radius 3 is 2.47 bits per heavy atom. The van der Waals surface area contributed by atoms with Gasteiger partial charge in [0.2, 0.25) is 0 Å². The summed E-state index contributed by atoms with van der Waals surface area (Å²) in [7, 11) is -3.17. The Kier molecular flexibility index (Phi) is 7.02. The molecule has 0 saturated carbocycles. The molecule has 2 aliphatic rings. The highest BCUT2D eigenvalue weighted by molar-refractivity contribution is 7.91. The molecule has 10 heteroatoms. The molecule has 2 heterocycles. The lowest BCUT2D eigenvalue weighted by Crippen LogP contribution is -2.46. The van der Waals surface area contributed by atoms with E-state index in [1.54, 1.807) is 6.92 Å². The molecule has 32 heavy (non-hydrogen) atoms. The average molecular weight is 465 g/mol. The molecule has 1 aromatic rings. The van der Waals surface area contributed by atoms with Crippen LogP contribution in [-0.2, 0) is 19.4 Å². The zero-order valence-corrected chi connectivity index (χ0v) is 19.3. The fraction of sp³-hybridized carbons (Fsp3) is 0.545. The first kappa shape index (κ1) is 23.9. The fourth-order valence-corrected chi connectivity index (χ4v) is 5.80. The highest BCUT2D eigenvalue weighted by atomic mass is 32.2. The average Bonchev–Trinajstić information content (AvgIpc) is 3.23. The first-order valence-corrected chi connectivity index (χ1v) is 12.6. The van der Waals surface area contributed by atoms with Crippen molar-refractivity contribution < 1.29 is 32.3 Å². The highest BCUT2D eigenvalue weighted by Gasteiger charge is 2.37. The molecule has 3 amide bonds. The van der Waals surface area contributed by atoms with E-state index < -0.39 is 39.8 Å². The van der Waals surface area contributed by atoms with Crippen molar-refractivity contribution in [3.8, 4) is 0 Å². The number of imide groups is 1. The largest absolute Gasteiger partial charge is 0.449 e. The molecule has 174 valence electrons. The summed E-state index contributed by atoms with van der Waals surface area (Å²) in [6, 6.07) is 3.71. The number of carbonyl (C=O) groups is 4. The number of unbranched alkanes of at least 4 members (excludes halogenated alkanes) is 1. The van der Waals surface area contributed by atoms with Crippen molar-refractivity contribution in [1.82, 2.24) is 9.80 Å². The van der Waals surface area contributed by atoms with Crippen LogP contribution in [-0.4, -0.2) is 78.6 Å². The SMILES string of the molecule is CCCCN1C(=O)c2ccc(C(=O)O[C@@H](C)C(=O)N(CC)[C@@H]3CCS(=O)(=O)C3)cc2C1=O. The zero-order chi connectivity index (χ0) is 23.6. The summed E-state index contributed by atoms with van der Waals surface area (Å²) < 4.78 is 28.8. The molecule has 0 aromatic heterocycles. The van der Waals surface area contributed by atoms with Crippen LogP contribution < -0.4 is 0 Å². The number of hydrogen-bond donors (Lipinski definition) is 0. The Morgan fingerprint density at radius 2 is 1.88 bits per heavy atom. The number of sulfone groups is 1. The van der Waals surface area contributed by atoms with Crippen LogP contribution in [0.5, 0.6) is 0 Å². The molecular formula is C22H28N2O7S. The van der Waals surface area contributed by atoms with Crippen molar-refractivity contribution in [1.29, 1.82) is 0 Å². The van der Waals surface area contributed by atoms with E-state index in [1.807, 2.05) is 6.92 Å². The minimum atomic E-state index is -3.17. The molecule has 9 nitrogen and oxygen atoms in total. The molecule has 1 saturated heterocycles. The normalized spacial score (nSPS) is 20.2. The molecule has 1 fully saturated rings. The van der Waals surface area contributed by atoms with Crippen LogP contribution in [0.25, 0.3) is 0 Å². The van der Waals surface area contributed by atoms with Crippen LogP contribution in [0.15, 0.2) is 18.2 Å². The number of ether oxygens (including phenoxy) is 1. The van der Waals surface area contributed by atoms with Gasteiger partial charge in [-0.1, -0.05) is 13.3 Å². The predicted octanol–water partition coefficient (Wildman–Crippen LogP) is 1.66. The summed E-state index contributed by atoms with van der Waals surface area (Å²) in [5.74, 6) is -2.16. The number of carbonyl (C=O) groups excluding carboxylic acids is 4. The summed E-state index contributed by atoms with van der Waals surface area (Å²) >= 11 is 0. The Balaban J connectivity index is 1.70. The number of esters is 1. The van der Waals surface area contributed by atoms with Crippen LogP contribution >= 0.6 is 0 Å². The zero-order valence-electron chi connectivity index (χ0n) is 18.5. The van der Waals surface area contributed by atoms with Gasteiger partial charge < -0.3 is 9.64 Å². The number of likely N-dealkylation sites (N-methyl/N-ethyl adjacent to an activating group) is 1. The number of benzene rings is 1. The maximum Gasteiger partial charge on any atom is 0.338 e. The van der Waals surface area contributed by atoms with E-state index in [4.69, 9.17) is 4.74 Å². The van der Waals surface area contributed by atoms with Crippen molar-refractivity contribution in [2.75, 3.05) is 24.6 Å². The summed E-state index contributed by atoms with van der Waals surface area (Å²) in [6.07, 6.45) is 0.754. The second-order valence-corrected chi connectivity index (χ2v) is 10.3. The summed E-state index contributed by atoms with van der Waals surface area (Å²) in [5.41, 5.74) is 0.450. The Hall–Kier alpha value is -2.75. The van der Waals surface area contributed by atoms with E-state index >= 15 is 0 Å². The Morgan fingerprint density at radius 1 is 1.19 bits per heavy atom. The van der Waals surface area contributed by atoms with Crippen LogP contribution in [0.4, 0.5) is 0 Å². The number of fused-ring (bicyclic) bond motifs is 1. The van der Waals surface area contributed by atoms with Crippen LogP contribution in [0, 0.1) is 0 Å². The van der Waals surface area contributed by atoms with E-state index in [0.29, 0.717) is 25.9 Å². The third-order valence-electron chi connectivity index (χ3n) is 5.85. The number of rotatable bonds is 8. The molecule has 0 spiro atoms. The fourth-order valence-electron chi connectivity index (χ4n) is 4.06. The minimum absolute atomic E-state index is 0.0345. The van der Waals surface area contributed by atoms with Gasteiger partial charge in [0.1, 0.15) is 0 Å². The van der Waals surface area contributed by atoms with E-state index in [-0.39, 0.29) is 34.1 Å². The Bertz CT molecular complexity index is 1050. The van der Waals surface area contributed by atoms with E-state index in [9.17, 15) is 27.6 Å². The van der Waals surface area contributed by atoms with Crippen molar-refractivity contribution in [2.45, 2.75) is 52.2 Å². The van der Waals surface area contributed by atoms with Gasteiger partial charge in [-0.05, 0) is 44.9 Å². The minimum Gasteiger partial charge on any atom is -0.449 e. The topological polar surface area (TPSA) is 118 Å². The molecule has 0 aliphatic carbocycles. The maximum atomic E-state index is 12.8. The van der Waals surface area contributed by atoms with Gasteiger partial charge in [-0.15, -0.1) is 0 Å². The summed E-state index contributed by atoms with van der Waals surface area (Å²) in [6.45, 7) is 5.74. The molecule has 2 atom stereocenters. The Labute approximate surface area is 187 Å².